The minimum absolute atomic E-state index is 0.205. The van der Waals surface area contributed by atoms with Gasteiger partial charge in [0.2, 0.25) is 5.91 Å². The average Bonchev–Trinajstić information content (AvgIpc) is 2.81. The highest BCUT2D eigenvalue weighted by Crippen LogP contribution is 2.13. The fourth-order valence-corrected chi connectivity index (χ4v) is 1.62. The molecule has 1 aromatic carbocycles. The molecular formula is C14H18N4O. The quantitative estimate of drug-likeness (QED) is 0.875. The average molecular weight is 258 g/mol. The Balaban J connectivity index is 2.09. The predicted molar refractivity (Wildman–Crippen MR) is 74.7 cm³/mol. The van der Waals surface area contributed by atoms with Crippen molar-refractivity contribution in [1.82, 2.24) is 9.78 Å². The Labute approximate surface area is 112 Å². The molecule has 19 heavy (non-hydrogen) atoms. The van der Waals surface area contributed by atoms with Crippen LogP contribution >= 0.6 is 0 Å². The number of rotatable bonds is 4. The Morgan fingerprint density at radius 1 is 1.42 bits per heavy atom. The van der Waals surface area contributed by atoms with Gasteiger partial charge in [0.25, 0.3) is 0 Å². The van der Waals surface area contributed by atoms with E-state index in [4.69, 9.17) is 5.73 Å². The number of benzene rings is 1. The van der Waals surface area contributed by atoms with Crippen LogP contribution in [0.3, 0.4) is 0 Å². The van der Waals surface area contributed by atoms with Crippen molar-refractivity contribution in [2.24, 2.45) is 5.73 Å². The van der Waals surface area contributed by atoms with Gasteiger partial charge in [0, 0.05) is 18.1 Å². The molecular weight excluding hydrogens is 240 g/mol. The highest BCUT2D eigenvalue weighted by molar-refractivity contribution is 5.97. The van der Waals surface area contributed by atoms with Gasteiger partial charge in [-0.2, -0.15) is 5.10 Å². The molecule has 0 aliphatic rings. The van der Waals surface area contributed by atoms with E-state index in [0.29, 0.717) is 6.54 Å². The molecule has 0 spiro atoms. The molecule has 0 atom stereocenters. The van der Waals surface area contributed by atoms with Crippen LogP contribution in [0.15, 0.2) is 42.7 Å². The SMILES string of the molecule is CC(C)(N)C(=O)Nc1cccc(Cn2cccn2)c1. The van der Waals surface area contributed by atoms with Gasteiger partial charge in [-0.05, 0) is 37.6 Å². The summed E-state index contributed by atoms with van der Waals surface area (Å²) < 4.78 is 1.83. The summed E-state index contributed by atoms with van der Waals surface area (Å²) in [7, 11) is 0. The van der Waals surface area contributed by atoms with Gasteiger partial charge in [-0.1, -0.05) is 12.1 Å². The molecule has 0 fully saturated rings. The van der Waals surface area contributed by atoms with Crippen LogP contribution in [-0.4, -0.2) is 21.2 Å². The molecule has 0 aliphatic heterocycles. The molecule has 5 heteroatoms. The van der Waals surface area contributed by atoms with E-state index in [0.717, 1.165) is 11.3 Å². The van der Waals surface area contributed by atoms with Gasteiger partial charge in [0.15, 0.2) is 0 Å². The molecule has 0 saturated heterocycles. The number of nitrogens with one attached hydrogen (secondary N) is 1. The zero-order chi connectivity index (χ0) is 13.9. The van der Waals surface area contributed by atoms with Crippen molar-refractivity contribution in [3.8, 4) is 0 Å². The topological polar surface area (TPSA) is 72.9 Å². The summed E-state index contributed by atoms with van der Waals surface area (Å²) in [6.45, 7) is 4.02. The first-order valence-electron chi connectivity index (χ1n) is 6.12. The zero-order valence-corrected chi connectivity index (χ0v) is 11.1. The lowest BCUT2D eigenvalue weighted by molar-refractivity contribution is -0.120. The molecule has 0 aliphatic carbocycles. The van der Waals surface area contributed by atoms with E-state index in [9.17, 15) is 4.79 Å². The van der Waals surface area contributed by atoms with Crippen LogP contribution in [0.1, 0.15) is 19.4 Å². The fraction of sp³-hybridized carbons (Fsp3) is 0.286. The van der Waals surface area contributed by atoms with Crippen molar-refractivity contribution in [2.45, 2.75) is 25.9 Å². The Bertz CT molecular complexity index is 555. The summed E-state index contributed by atoms with van der Waals surface area (Å²) >= 11 is 0. The molecule has 0 bridgehead atoms. The highest BCUT2D eigenvalue weighted by atomic mass is 16.2. The number of aromatic nitrogens is 2. The van der Waals surface area contributed by atoms with Crippen molar-refractivity contribution < 1.29 is 4.79 Å². The van der Waals surface area contributed by atoms with Crippen LogP contribution in [0, 0.1) is 0 Å². The third-order valence-corrected chi connectivity index (χ3v) is 2.67. The van der Waals surface area contributed by atoms with Crippen LogP contribution in [0.2, 0.25) is 0 Å². The number of amides is 1. The standard InChI is InChI=1S/C14H18N4O/c1-14(2,15)13(19)17-12-6-3-5-11(9-12)10-18-8-4-7-16-18/h3-9H,10,15H2,1-2H3,(H,17,19). The molecule has 1 amide bonds. The molecule has 2 rings (SSSR count). The Morgan fingerprint density at radius 3 is 2.84 bits per heavy atom. The van der Waals surface area contributed by atoms with Crippen LogP contribution in [0.5, 0.6) is 0 Å². The van der Waals surface area contributed by atoms with Gasteiger partial charge < -0.3 is 11.1 Å². The largest absolute Gasteiger partial charge is 0.325 e. The second-order valence-electron chi connectivity index (χ2n) is 5.08. The first kappa shape index (κ1) is 13.3. The first-order valence-corrected chi connectivity index (χ1v) is 6.12. The monoisotopic (exact) mass is 258 g/mol. The summed E-state index contributed by atoms with van der Waals surface area (Å²) in [5.41, 5.74) is 6.67. The van der Waals surface area contributed by atoms with Gasteiger partial charge in [-0.25, -0.2) is 0 Å². The van der Waals surface area contributed by atoms with E-state index in [2.05, 4.69) is 10.4 Å². The van der Waals surface area contributed by atoms with Crippen molar-refractivity contribution in [1.29, 1.82) is 0 Å². The molecule has 3 N–H and O–H groups in total. The second kappa shape index (κ2) is 5.24. The second-order valence-corrected chi connectivity index (χ2v) is 5.08. The van der Waals surface area contributed by atoms with Crippen LogP contribution < -0.4 is 11.1 Å². The minimum Gasteiger partial charge on any atom is -0.325 e. The summed E-state index contributed by atoms with van der Waals surface area (Å²) in [4.78, 5) is 11.8. The first-order chi connectivity index (χ1) is 8.95. The van der Waals surface area contributed by atoms with Crippen LogP contribution in [-0.2, 0) is 11.3 Å². The number of anilines is 1. The Morgan fingerprint density at radius 2 is 2.21 bits per heavy atom. The van der Waals surface area contributed by atoms with Crippen molar-refractivity contribution in [3.63, 3.8) is 0 Å². The van der Waals surface area contributed by atoms with E-state index in [1.165, 1.54) is 0 Å². The molecule has 0 radical (unpaired) electrons. The molecule has 100 valence electrons. The number of hydrogen-bond acceptors (Lipinski definition) is 3. The number of carbonyl (C=O) groups is 1. The van der Waals surface area contributed by atoms with E-state index in [-0.39, 0.29) is 5.91 Å². The summed E-state index contributed by atoms with van der Waals surface area (Å²) in [6.07, 6.45) is 3.64. The van der Waals surface area contributed by atoms with Crippen molar-refractivity contribution in [3.05, 3.63) is 48.3 Å². The normalized spacial score (nSPS) is 11.3. The smallest absolute Gasteiger partial charge is 0.243 e. The predicted octanol–water partition coefficient (Wildman–Crippen LogP) is 1.61. The van der Waals surface area contributed by atoms with Crippen LogP contribution in [0.4, 0.5) is 5.69 Å². The summed E-state index contributed by atoms with van der Waals surface area (Å²) in [6, 6.07) is 9.53. The maximum absolute atomic E-state index is 11.8. The molecule has 1 heterocycles. The van der Waals surface area contributed by atoms with E-state index >= 15 is 0 Å². The van der Waals surface area contributed by atoms with E-state index in [1.54, 1.807) is 20.0 Å². The van der Waals surface area contributed by atoms with E-state index < -0.39 is 5.54 Å². The van der Waals surface area contributed by atoms with Gasteiger partial charge in [0.1, 0.15) is 0 Å². The van der Waals surface area contributed by atoms with Crippen molar-refractivity contribution >= 4 is 11.6 Å². The molecule has 5 nitrogen and oxygen atoms in total. The lowest BCUT2D eigenvalue weighted by Crippen LogP contribution is -2.45. The maximum atomic E-state index is 11.8. The number of carbonyl (C=O) groups excluding carboxylic acids is 1. The fourth-order valence-electron chi connectivity index (χ4n) is 1.62. The Kier molecular flexibility index (Phi) is 3.66. The summed E-state index contributed by atoms with van der Waals surface area (Å²) in [5, 5.41) is 6.96. The van der Waals surface area contributed by atoms with E-state index in [1.807, 2.05) is 41.2 Å². The maximum Gasteiger partial charge on any atom is 0.243 e. The lowest BCUT2D eigenvalue weighted by atomic mass is 10.1. The van der Waals surface area contributed by atoms with Gasteiger partial charge in [0.05, 0.1) is 12.1 Å². The van der Waals surface area contributed by atoms with Crippen LogP contribution in [0.25, 0.3) is 0 Å². The van der Waals surface area contributed by atoms with Crippen molar-refractivity contribution in [2.75, 3.05) is 5.32 Å². The van der Waals surface area contributed by atoms with Gasteiger partial charge >= 0.3 is 0 Å². The third-order valence-electron chi connectivity index (χ3n) is 2.67. The number of nitrogens with zero attached hydrogens (tertiary/aromatic N) is 2. The van der Waals surface area contributed by atoms with Gasteiger partial charge in [-0.15, -0.1) is 0 Å². The molecule has 2 aromatic rings. The number of hydrogen-bond donors (Lipinski definition) is 2. The zero-order valence-electron chi connectivity index (χ0n) is 11.1. The molecule has 1 aromatic heterocycles. The number of nitrogens with two attached hydrogens (primary N) is 1. The highest BCUT2D eigenvalue weighted by Gasteiger charge is 2.21. The molecule has 0 unspecified atom stereocenters. The summed E-state index contributed by atoms with van der Waals surface area (Å²) in [5.74, 6) is -0.205. The third kappa shape index (κ3) is 3.66. The minimum atomic E-state index is -0.891. The lowest BCUT2D eigenvalue weighted by Gasteiger charge is -2.18. The van der Waals surface area contributed by atoms with Gasteiger partial charge in [-0.3, -0.25) is 9.48 Å². The Hall–Kier alpha value is -2.14. The molecule has 0 saturated carbocycles.